The number of amides is 4. The Labute approximate surface area is 178 Å². The van der Waals surface area contributed by atoms with Gasteiger partial charge in [0.05, 0.1) is 10.2 Å². The van der Waals surface area contributed by atoms with Gasteiger partial charge in [0.25, 0.3) is 0 Å². The summed E-state index contributed by atoms with van der Waals surface area (Å²) in [5.74, 6) is -0.367. The van der Waals surface area contributed by atoms with E-state index in [0.29, 0.717) is 12.1 Å². The fourth-order valence-corrected chi connectivity index (χ4v) is 4.43. The maximum atomic E-state index is 12.2. The van der Waals surface area contributed by atoms with Crippen LogP contribution >= 0.6 is 11.3 Å². The molecule has 1 fully saturated rings. The Hall–Kier alpha value is -3.26. The SMILES string of the molecule is Cc1ccc2nc(-c3ccc(NC(=O)CCCN4C(=O)CN(C)C4=O)cc3)sc2c1. The smallest absolute Gasteiger partial charge is 0.326 e. The third-order valence-electron chi connectivity index (χ3n) is 4.98. The van der Waals surface area contributed by atoms with Crippen LogP contribution in [0.1, 0.15) is 18.4 Å². The standard InChI is InChI=1S/C22H22N4O3S/c1-14-5-10-17-18(12-14)30-21(24-17)15-6-8-16(9-7-15)23-19(27)4-3-11-26-20(28)13-25(2)22(26)29/h5-10,12H,3-4,11,13H2,1-2H3,(H,23,27). The van der Waals surface area contributed by atoms with Crippen LogP contribution in [0.3, 0.4) is 0 Å². The highest BCUT2D eigenvalue weighted by atomic mass is 32.1. The third-order valence-corrected chi connectivity index (χ3v) is 6.04. The van der Waals surface area contributed by atoms with Crippen molar-refractivity contribution in [3.8, 4) is 10.6 Å². The van der Waals surface area contributed by atoms with Crippen molar-refractivity contribution in [1.29, 1.82) is 0 Å². The number of hydrogen-bond acceptors (Lipinski definition) is 5. The number of rotatable bonds is 6. The molecule has 1 aliphatic heterocycles. The molecule has 4 amide bonds. The molecule has 1 aliphatic rings. The van der Waals surface area contributed by atoms with Crippen LogP contribution in [0.25, 0.3) is 20.8 Å². The Balaban J connectivity index is 1.32. The Morgan fingerprint density at radius 3 is 2.63 bits per heavy atom. The van der Waals surface area contributed by atoms with Crippen molar-refractivity contribution < 1.29 is 14.4 Å². The minimum atomic E-state index is -0.305. The van der Waals surface area contributed by atoms with Crippen molar-refractivity contribution in [2.24, 2.45) is 0 Å². The number of nitrogens with one attached hydrogen (secondary N) is 1. The van der Waals surface area contributed by atoms with E-state index in [0.717, 1.165) is 20.8 Å². The number of hydrogen-bond donors (Lipinski definition) is 1. The lowest BCUT2D eigenvalue weighted by molar-refractivity contribution is -0.125. The number of imide groups is 1. The molecule has 0 bridgehead atoms. The Bertz CT molecular complexity index is 1120. The Kier molecular flexibility index (Phi) is 5.50. The number of aromatic nitrogens is 1. The molecule has 1 aromatic heterocycles. The summed E-state index contributed by atoms with van der Waals surface area (Å²) in [4.78, 5) is 43.0. The van der Waals surface area contributed by atoms with Gasteiger partial charge in [-0.15, -0.1) is 11.3 Å². The van der Waals surface area contributed by atoms with Gasteiger partial charge in [0, 0.05) is 31.3 Å². The monoisotopic (exact) mass is 422 g/mol. The number of thiazole rings is 1. The summed E-state index contributed by atoms with van der Waals surface area (Å²) in [5.41, 5.74) is 3.90. The van der Waals surface area contributed by atoms with E-state index in [4.69, 9.17) is 0 Å². The van der Waals surface area contributed by atoms with Crippen LogP contribution in [0.15, 0.2) is 42.5 Å². The number of benzene rings is 2. The van der Waals surface area contributed by atoms with E-state index in [1.807, 2.05) is 30.3 Å². The molecular weight excluding hydrogens is 400 g/mol. The first-order valence-electron chi connectivity index (χ1n) is 9.73. The average Bonchev–Trinajstić information content (AvgIpc) is 3.23. The summed E-state index contributed by atoms with van der Waals surface area (Å²) in [6.45, 7) is 2.42. The first-order chi connectivity index (χ1) is 14.4. The maximum absolute atomic E-state index is 12.2. The molecule has 0 saturated carbocycles. The predicted molar refractivity (Wildman–Crippen MR) is 117 cm³/mol. The average molecular weight is 423 g/mol. The zero-order chi connectivity index (χ0) is 21.3. The summed E-state index contributed by atoms with van der Waals surface area (Å²) in [5, 5.41) is 3.80. The lowest BCUT2D eigenvalue weighted by atomic mass is 10.2. The van der Waals surface area contributed by atoms with Gasteiger partial charge in [-0.1, -0.05) is 6.07 Å². The van der Waals surface area contributed by atoms with Gasteiger partial charge in [-0.05, 0) is 55.3 Å². The zero-order valence-electron chi connectivity index (χ0n) is 16.8. The van der Waals surface area contributed by atoms with Crippen molar-refractivity contribution in [3.63, 3.8) is 0 Å². The molecule has 2 aromatic carbocycles. The number of fused-ring (bicyclic) bond motifs is 1. The molecule has 4 rings (SSSR count). The van der Waals surface area contributed by atoms with Gasteiger partial charge >= 0.3 is 6.03 Å². The molecule has 0 aliphatic carbocycles. The highest BCUT2D eigenvalue weighted by molar-refractivity contribution is 7.21. The van der Waals surface area contributed by atoms with Gasteiger partial charge in [0.15, 0.2) is 0 Å². The quantitative estimate of drug-likeness (QED) is 0.611. The van der Waals surface area contributed by atoms with Crippen molar-refractivity contribution in [3.05, 3.63) is 48.0 Å². The van der Waals surface area contributed by atoms with Gasteiger partial charge in [-0.2, -0.15) is 0 Å². The predicted octanol–water partition coefficient (Wildman–Crippen LogP) is 3.88. The number of nitrogens with zero attached hydrogens (tertiary/aromatic N) is 3. The molecule has 0 unspecified atom stereocenters. The van der Waals surface area contributed by atoms with E-state index in [2.05, 4.69) is 29.4 Å². The van der Waals surface area contributed by atoms with Gasteiger partial charge in [-0.25, -0.2) is 9.78 Å². The van der Waals surface area contributed by atoms with Crippen molar-refractivity contribution in [1.82, 2.24) is 14.8 Å². The molecule has 0 spiro atoms. The summed E-state index contributed by atoms with van der Waals surface area (Å²) in [7, 11) is 1.59. The second-order valence-electron chi connectivity index (χ2n) is 7.40. The van der Waals surface area contributed by atoms with E-state index in [-0.39, 0.29) is 37.4 Å². The molecule has 3 aromatic rings. The molecule has 0 radical (unpaired) electrons. The van der Waals surface area contributed by atoms with Crippen molar-refractivity contribution in [2.45, 2.75) is 19.8 Å². The largest absolute Gasteiger partial charge is 0.326 e. The van der Waals surface area contributed by atoms with Crippen LogP contribution in [0.4, 0.5) is 10.5 Å². The van der Waals surface area contributed by atoms with Crippen molar-refractivity contribution in [2.75, 3.05) is 25.5 Å². The number of anilines is 1. The molecular formula is C22H22N4O3S. The summed E-state index contributed by atoms with van der Waals surface area (Å²) in [6, 6.07) is 13.5. The maximum Gasteiger partial charge on any atom is 0.326 e. The lowest BCUT2D eigenvalue weighted by Gasteiger charge is -2.13. The number of carbonyl (C=O) groups is 3. The van der Waals surface area contributed by atoms with Crippen LogP contribution in [-0.4, -0.2) is 52.8 Å². The molecule has 7 nitrogen and oxygen atoms in total. The zero-order valence-corrected chi connectivity index (χ0v) is 17.7. The number of carbonyl (C=O) groups excluding carboxylic acids is 3. The Morgan fingerprint density at radius 2 is 1.93 bits per heavy atom. The summed E-state index contributed by atoms with van der Waals surface area (Å²) in [6.07, 6.45) is 0.667. The van der Waals surface area contributed by atoms with E-state index in [1.54, 1.807) is 18.4 Å². The number of urea groups is 1. The van der Waals surface area contributed by atoms with Crippen LogP contribution < -0.4 is 5.32 Å². The van der Waals surface area contributed by atoms with E-state index >= 15 is 0 Å². The molecule has 30 heavy (non-hydrogen) atoms. The van der Waals surface area contributed by atoms with Crippen LogP contribution in [0.2, 0.25) is 0 Å². The molecule has 1 N–H and O–H groups in total. The second-order valence-corrected chi connectivity index (χ2v) is 8.43. The van der Waals surface area contributed by atoms with Gasteiger partial charge in [-0.3, -0.25) is 14.5 Å². The highest BCUT2D eigenvalue weighted by Gasteiger charge is 2.32. The molecule has 0 atom stereocenters. The number of aryl methyl sites for hydroxylation is 1. The van der Waals surface area contributed by atoms with Crippen LogP contribution in [0, 0.1) is 6.92 Å². The van der Waals surface area contributed by atoms with E-state index < -0.39 is 0 Å². The van der Waals surface area contributed by atoms with Gasteiger partial charge in [0.1, 0.15) is 11.6 Å². The molecule has 8 heteroatoms. The first kappa shape index (κ1) is 20.0. The third kappa shape index (κ3) is 4.18. The Morgan fingerprint density at radius 1 is 1.17 bits per heavy atom. The summed E-state index contributed by atoms with van der Waals surface area (Å²) >= 11 is 1.65. The topological polar surface area (TPSA) is 82.6 Å². The van der Waals surface area contributed by atoms with Crippen molar-refractivity contribution >= 4 is 45.1 Å². The normalized spacial score (nSPS) is 14.1. The fraction of sp³-hybridized carbons (Fsp3) is 0.273. The van der Waals surface area contributed by atoms with Gasteiger partial charge < -0.3 is 10.2 Å². The summed E-state index contributed by atoms with van der Waals surface area (Å²) < 4.78 is 1.16. The molecule has 1 saturated heterocycles. The molecule has 154 valence electrons. The van der Waals surface area contributed by atoms with E-state index in [9.17, 15) is 14.4 Å². The lowest BCUT2D eigenvalue weighted by Crippen LogP contribution is -2.32. The second kappa shape index (κ2) is 8.23. The van der Waals surface area contributed by atoms with Crippen LogP contribution in [-0.2, 0) is 9.59 Å². The first-order valence-corrected chi connectivity index (χ1v) is 10.6. The van der Waals surface area contributed by atoms with Gasteiger partial charge in [0.2, 0.25) is 11.8 Å². The highest BCUT2D eigenvalue weighted by Crippen LogP contribution is 2.31. The molecule has 2 heterocycles. The minimum absolute atomic E-state index is 0.103. The van der Waals surface area contributed by atoms with E-state index in [1.165, 1.54) is 15.4 Å². The number of likely N-dealkylation sites (N-methyl/N-ethyl adjacent to an activating group) is 1. The fourth-order valence-electron chi connectivity index (χ4n) is 3.36. The minimum Gasteiger partial charge on any atom is -0.326 e. The van der Waals surface area contributed by atoms with Crippen LogP contribution in [0.5, 0.6) is 0 Å².